The molecule has 1 aromatic carbocycles. The molecule has 0 amide bonds. The van der Waals surface area contributed by atoms with Crippen LogP contribution in [0.3, 0.4) is 0 Å². The van der Waals surface area contributed by atoms with Crippen LogP contribution in [-0.4, -0.2) is 18.8 Å². The molecule has 1 aliphatic heterocycles. The van der Waals surface area contributed by atoms with Gasteiger partial charge in [-0.15, -0.1) is 0 Å². The smallest absolute Gasteiger partial charge is 0.0566 e. The molecule has 2 rings (SSSR count). The minimum atomic E-state index is 0.390. The highest BCUT2D eigenvalue weighted by Crippen LogP contribution is 2.18. The second kappa shape index (κ2) is 4.67. The predicted octanol–water partition coefficient (Wildman–Crippen LogP) is 2.97. The van der Waals surface area contributed by atoms with Crippen LogP contribution in [0.2, 0.25) is 0 Å². The number of hydrogen-bond donors (Lipinski definition) is 1. The zero-order valence-corrected chi connectivity index (χ0v) is 9.49. The minimum absolute atomic E-state index is 0.390. The Morgan fingerprint density at radius 2 is 2.00 bits per heavy atom. The molecule has 1 N–H and O–H groups in total. The lowest BCUT2D eigenvalue weighted by molar-refractivity contribution is 0.0232. The number of rotatable bonds is 2. The first kappa shape index (κ1) is 10.5. The van der Waals surface area contributed by atoms with E-state index in [2.05, 4.69) is 43.4 Å². The van der Waals surface area contributed by atoms with Crippen molar-refractivity contribution in [1.82, 2.24) is 0 Å². The number of benzene rings is 1. The Bertz CT molecular complexity index is 307. The van der Waals surface area contributed by atoms with Crippen LogP contribution in [-0.2, 0) is 4.74 Å². The molecule has 1 saturated heterocycles. The fraction of sp³-hybridized carbons (Fsp3) is 0.538. The minimum Gasteiger partial charge on any atom is -0.382 e. The van der Waals surface area contributed by atoms with Crippen molar-refractivity contribution in [3.05, 3.63) is 29.8 Å². The summed E-state index contributed by atoms with van der Waals surface area (Å²) >= 11 is 0. The molecule has 82 valence electrons. The summed E-state index contributed by atoms with van der Waals surface area (Å²) in [6.45, 7) is 5.13. The molecule has 15 heavy (non-hydrogen) atoms. The van der Waals surface area contributed by atoms with Gasteiger partial charge in [0.1, 0.15) is 0 Å². The monoisotopic (exact) mass is 205 g/mol. The Labute approximate surface area is 91.6 Å². The Kier molecular flexibility index (Phi) is 3.27. The number of aryl methyl sites for hydroxylation is 1. The highest BCUT2D eigenvalue weighted by Gasteiger charge is 2.18. The van der Waals surface area contributed by atoms with Crippen LogP contribution < -0.4 is 5.32 Å². The van der Waals surface area contributed by atoms with E-state index in [1.165, 1.54) is 11.3 Å². The SMILES string of the molecule is Cc1ccc(NC2CCOC(C)C2)cc1. The molecule has 0 spiro atoms. The van der Waals surface area contributed by atoms with E-state index in [9.17, 15) is 0 Å². The summed E-state index contributed by atoms with van der Waals surface area (Å²) in [7, 11) is 0. The summed E-state index contributed by atoms with van der Waals surface area (Å²) in [6.07, 6.45) is 2.60. The zero-order chi connectivity index (χ0) is 10.7. The van der Waals surface area contributed by atoms with Gasteiger partial charge < -0.3 is 10.1 Å². The lowest BCUT2D eigenvalue weighted by Gasteiger charge is -2.28. The number of nitrogens with one attached hydrogen (secondary N) is 1. The third-order valence-corrected chi connectivity index (χ3v) is 2.91. The highest BCUT2D eigenvalue weighted by molar-refractivity contribution is 5.45. The van der Waals surface area contributed by atoms with Gasteiger partial charge in [0.2, 0.25) is 0 Å². The molecular formula is C13H19NO. The lowest BCUT2D eigenvalue weighted by Crippen LogP contribution is -2.32. The van der Waals surface area contributed by atoms with Crippen LogP contribution >= 0.6 is 0 Å². The quantitative estimate of drug-likeness (QED) is 0.801. The summed E-state index contributed by atoms with van der Waals surface area (Å²) in [4.78, 5) is 0. The largest absolute Gasteiger partial charge is 0.382 e. The number of ether oxygens (including phenoxy) is 1. The van der Waals surface area contributed by atoms with E-state index >= 15 is 0 Å². The molecule has 2 atom stereocenters. The second-order valence-electron chi connectivity index (χ2n) is 4.41. The Morgan fingerprint density at radius 3 is 2.67 bits per heavy atom. The third-order valence-electron chi connectivity index (χ3n) is 2.91. The van der Waals surface area contributed by atoms with Gasteiger partial charge in [-0.3, -0.25) is 0 Å². The molecule has 2 nitrogen and oxygen atoms in total. The predicted molar refractivity (Wildman–Crippen MR) is 63.2 cm³/mol. The molecule has 0 saturated carbocycles. The average Bonchev–Trinajstić information content (AvgIpc) is 2.22. The van der Waals surface area contributed by atoms with Crippen LogP contribution in [0, 0.1) is 6.92 Å². The van der Waals surface area contributed by atoms with Crippen LogP contribution in [0.15, 0.2) is 24.3 Å². The third kappa shape index (κ3) is 2.96. The summed E-state index contributed by atoms with van der Waals surface area (Å²) < 4.78 is 5.52. The Balaban J connectivity index is 1.93. The Hall–Kier alpha value is -1.02. The van der Waals surface area contributed by atoms with Crippen LogP contribution in [0.4, 0.5) is 5.69 Å². The van der Waals surface area contributed by atoms with Gasteiger partial charge in [-0.05, 0) is 38.8 Å². The fourth-order valence-electron chi connectivity index (χ4n) is 2.01. The van der Waals surface area contributed by atoms with Gasteiger partial charge >= 0.3 is 0 Å². The maximum atomic E-state index is 5.52. The summed E-state index contributed by atoms with van der Waals surface area (Å²) in [6, 6.07) is 9.15. The first-order chi connectivity index (χ1) is 7.24. The van der Waals surface area contributed by atoms with Crippen LogP contribution in [0.25, 0.3) is 0 Å². The van der Waals surface area contributed by atoms with Crippen molar-refractivity contribution in [2.75, 3.05) is 11.9 Å². The molecular weight excluding hydrogens is 186 g/mol. The van der Waals surface area contributed by atoms with Gasteiger partial charge in [-0.25, -0.2) is 0 Å². The molecule has 0 bridgehead atoms. The Morgan fingerprint density at radius 1 is 1.27 bits per heavy atom. The fourth-order valence-corrected chi connectivity index (χ4v) is 2.01. The van der Waals surface area contributed by atoms with Crippen molar-refractivity contribution in [3.63, 3.8) is 0 Å². The normalized spacial score (nSPS) is 26.3. The number of hydrogen-bond acceptors (Lipinski definition) is 2. The highest BCUT2D eigenvalue weighted by atomic mass is 16.5. The maximum Gasteiger partial charge on any atom is 0.0566 e. The average molecular weight is 205 g/mol. The van der Waals surface area contributed by atoms with Gasteiger partial charge in [0.25, 0.3) is 0 Å². The first-order valence-electron chi connectivity index (χ1n) is 5.69. The van der Waals surface area contributed by atoms with Crippen molar-refractivity contribution in [1.29, 1.82) is 0 Å². The van der Waals surface area contributed by atoms with Crippen molar-refractivity contribution < 1.29 is 4.74 Å². The molecule has 2 heteroatoms. The van der Waals surface area contributed by atoms with Gasteiger partial charge in [0, 0.05) is 18.3 Å². The lowest BCUT2D eigenvalue weighted by atomic mass is 10.0. The van der Waals surface area contributed by atoms with Crippen LogP contribution in [0.5, 0.6) is 0 Å². The van der Waals surface area contributed by atoms with E-state index in [1.54, 1.807) is 0 Å². The van der Waals surface area contributed by atoms with E-state index in [0.29, 0.717) is 12.1 Å². The molecule has 0 aromatic heterocycles. The van der Waals surface area contributed by atoms with Crippen molar-refractivity contribution >= 4 is 5.69 Å². The molecule has 1 fully saturated rings. The summed E-state index contributed by atoms with van der Waals surface area (Å²) in [5, 5.41) is 3.56. The van der Waals surface area contributed by atoms with Crippen molar-refractivity contribution in [2.24, 2.45) is 0 Å². The van der Waals surface area contributed by atoms with Gasteiger partial charge in [-0.1, -0.05) is 17.7 Å². The van der Waals surface area contributed by atoms with E-state index in [-0.39, 0.29) is 0 Å². The van der Waals surface area contributed by atoms with E-state index in [1.807, 2.05) is 0 Å². The van der Waals surface area contributed by atoms with E-state index < -0.39 is 0 Å². The topological polar surface area (TPSA) is 21.3 Å². The molecule has 1 aliphatic rings. The van der Waals surface area contributed by atoms with E-state index in [4.69, 9.17) is 4.74 Å². The van der Waals surface area contributed by atoms with Crippen molar-refractivity contribution in [2.45, 2.75) is 38.8 Å². The molecule has 0 aliphatic carbocycles. The van der Waals surface area contributed by atoms with Crippen LogP contribution in [0.1, 0.15) is 25.3 Å². The van der Waals surface area contributed by atoms with Crippen molar-refractivity contribution in [3.8, 4) is 0 Å². The maximum absolute atomic E-state index is 5.52. The molecule has 1 heterocycles. The molecule has 2 unspecified atom stereocenters. The van der Waals surface area contributed by atoms with Gasteiger partial charge in [0.05, 0.1) is 6.10 Å². The van der Waals surface area contributed by atoms with Gasteiger partial charge in [0.15, 0.2) is 0 Å². The zero-order valence-electron chi connectivity index (χ0n) is 9.49. The number of anilines is 1. The molecule has 1 aromatic rings. The standard InChI is InChI=1S/C13H19NO/c1-10-3-5-12(6-4-10)14-13-7-8-15-11(2)9-13/h3-6,11,13-14H,7-9H2,1-2H3. The second-order valence-corrected chi connectivity index (χ2v) is 4.41. The first-order valence-corrected chi connectivity index (χ1v) is 5.69. The summed E-state index contributed by atoms with van der Waals surface area (Å²) in [5.74, 6) is 0. The van der Waals surface area contributed by atoms with Gasteiger partial charge in [-0.2, -0.15) is 0 Å². The molecule has 0 radical (unpaired) electrons. The summed E-state index contributed by atoms with van der Waals surface area (Å²) in [5.41, 5.74) is 2.53. The van der Waals surface area contributed by atoms with E-state index in [0.717, 1.165) is 19.4 Å².